The normalized spacial score (nSPS) is 12.1. The van der Waals surface area contributed by atoms with Gasteiger partial charge in [0.2, 0.25) is 5.91 Å². The lowest BCUT2D eigenvalue weighted by Gasteiger charge is -2.25. The number of hydrogen-bond donors (Lipinski definition) is 1. The molecular formula is C24H26N2O4S. The van der Waals surface area contributed by atoms with Gasteiger partial charge in [0.15, 0.2) is 0 Å². The van der Waals surface area contributed by atoms with Crippen LogP contribution in [0.1, 0.15) is 24.1 Å². The number of para-hydroxylation sites is 1. The maximum Gasteiger partial charge on any atom is 0.264 e. The van der Waals surface area contributed by atoms with Gasteiger partial charge in [-0.25, -0.2) is 8.42 Å². The molecule has 0 bridgehead atoms. The number of methoxy groups -OCH3 is 1. The predicted molar refractivity (Wildman–Crippen MR) is 122 cm³/mol. The van der Waals surface area contributed by atoms with Gasteiger partial charge < -0.3 is 10.1 Å². The van der Waals surface area contributed by atoms with Gasteiger partial charge in [0, 0.05) is 5.56 Å². The molecule has 0 aliphatic rings. The number of benzene rings is 3. The van der Waals surface area contributed by atoms with Crippen LogP contribution in [0.2, 0.25) is 0 Å². The molecule has 162 valence electrons. The summed E-state index contributed by atoms with van der Waals surface area (Å²) in [5.41, 5.74) is 2.14. The van der Waals surface area contributed by atoms with Crippen LogP contribution < -0.4 is 14.4 Å². The Bertz CT molecular complexity index is 1150. The van der Waals surface area contributed by atoms with E-state index in [1.807, 2.05) is 44.2 Å². The molecule has 1 amide bonds. The van der Waals surface area contributed by atoms with E-state index in [9.17, 15) is 13.2 Å². The second-order valence-corrected chi connectivity index (χ2v) is 9.06. The highest BCUT2D eigenvalue weighted by molar-refractivity contribution is 7.92. The molecule has 0 aliphatic heterocycles. The lowest BCUT2D eigenvalue weighted by atomic mass is 10.1. The standard InChI is InChI=1S/C24H26N2O4S/c1-18-10-9-11-20(16-18)26(31(28,29)21-12-5-4-6-13-21)17-24(27)25-19(2)22-14-7-8-15-23(22)30-3/h4-16,19H,17H2,1-3H3,(H,25,27). The Morgan fingerprint density at radius 3 is 2.35 bits per heavy atom. The van der Waals surface area contributed by atoms with E-state index in [4.69, 9.17) is 4.74 Å². The SMILES string of the molecule is COc1ccccc1C(C)NC(=O)CN(c1cccc(C)c1)S(=O)(=O)c1ccccc1. The zero-order valence-electron chi connectivity index (χ0n) is 17.8. The Morgan fingerprint density at radius 2 is 1.68 bits per heavy atom. The summed E-state index contributed by atoms with van der Waals surface area (Å²) in [5.74, 6) is 0.238. The van der Waals surface area contributed by atoms with Crippen LogP contribution in [0.15, 0.2) is 83.8 Å². The Labute approximate surface area is 183 Å². The van der Waals surface area contributed by atoms with E-state index in [1.54, 1.807) is 43.5 Å². The van der Waals surface area contributed by atoms with Crippen molar-refractivity contribution in [3.05, 3.63) is 90.0 Å². The third kappa shape index (κ3) is 5.24. The van der Waals surface area contributed by atoms with Crippen LogP contribution >= 0.6 is 0 Å². The van der Waals surface area contributed by atoms with Crippen LogP contribution in [0.5, 0.6) is 5.75 Å². The lowest BCUT2D eigenvalue weighted by Crippen LogP contribution is -2.41. The molecule has 0 heterocycles. The minimum atomic E-state index is -3.93. The van der Waals surface area contributed by atoms with Crippen LogP contribution in [0.25, 0.3) is 0 Å². The van der Waals surface area contributed by atoms with E-state index in [1.165, 1.54) is 12.1 Å². The second-order valence-electron chi connectivity index (χ2n) is 7.19. The van der Waals surface area contributed by atoms with Gasteiger partial charge in [-0.2, -0.15) is 0 Å². The smallest absolute Gasteiger partial charge is 0.264 e. The molecule has 0 saturated carbocycles. The molecule has 3 aromatic carbocycles. The maximum atomic E-state index is 13.4. The summed E-state index contributed by atoms with van der Waals surface area (Å²) in [6.07, 6.45) is 0. The van der Waals surface area contributed by atoms with E-state index >= 15 is 0 Å². The summed E-state index contributed by atoms with van der Waals surface area (Å²) >= 11 is 0. The minimum Gasteiger partial charge on any atom is -0.496 e. The molecule has 0 radical (unpaired) electrons. The van der Waals surface area contributed by atoms with Gasteiger partial charge in [-0.15, -0.1) is 0 Å². The van der Waals surface area contributed by atoms with Crippen molar-refractivity contribution in [2.45, 2.75) is 24.8 Å². The Kier molecular flexibility index (Phi) is 6.97. The van der Waals surface area contributed by atoms with Crippen LogP contribution in [0.4, 0.5) is 5.69 Å². The summed E-state index contributed by atoms with van der Waals surface area (Å²) < 4.78 is 33.2. The number of carbonyl (C=O) groups excluding carboxylic acids is 1. The summed E-state index contributed by atoms with van der Waals surface area (Å²) in [4.78, 5) is 13.0. The summed E-state index contributed by atoms with van der Waals surface area (Å²) in [6, 6.07) is 22.2. The largest absolute Gasteiger partial charge is 0.496 e. The number of anilines is 1. The number of nitrogens with zero attached hydrogens (tertiary/aromatic N) is 1. The number of nitrogens with one attached hydrogen (secondary N) is 1. The molecule has 6 nitrogen and oxygen atoms in total. The Balaban J connectivity index is 1.89. The van der Waals surface area contributed by atoms with E-state index in [2.05, 4.69) is 5.32 Å². The van der Waals surface area contributed by atoms with Crippen molar-refractivity contribution in [1.82, 2.24) is 5.32 Å². The molecule has 0 aromatic heterocycles. The molecule has 1 N–H and O–H groups in total. The molecule has 7 heteroatoms. The number of aryl methyl sites for hydroxylation is 1. The Morgan fingerprint density at radius 1 is 1.00 bits per heavy atom. The van der Waals surface area contributed by atoms with Gasteiger partial charge in [-0.3, -0.25) is 9.10 Å². The summed E-state index contributed by atoms with van der Waals surface area (Å²) in [7, 11) is -2.36. The van der Waals surface area contributed by atoms with E-state index in [0.29, 0.717) is 11.4 Å². The number of sulfonamides is 1. The fourth-order valence-corrected chi connectivity index (χ4v) is 4.77. The molecule has 0 spiro atoms. The molecule has 0 fully saturated rings. The number of ether oxygens (including phenoxy) is 1. The van der Waals surface area contributed by atoms with Crippen LogP contribution in [0.3, 0.4) is 0 Å². The number of rotatable bonds is 8. The van der Waals surface area contributed by atoms with Crippen LogP contribution in [-0.4, -0.2) is 28.0 Å². The van der Waals surface area contributed by atoms with Gasteiger partial charge in [0.1, 0.15) is 12.3 Å². The molecule has 31 heavy (non-hydrogen) atoms. The first-order chi connectivity index (χ1) is 14.8. The Hall–Kier alpha value is -3.32. The van der Waals surface area contributed by atoms with Crippen LogP contribution in [0, 0.1) is 6.92 Å². The van der Waals surface area contributed by atoms with Crippen molar-refractivity contribution < 1.29 is 17.9 Å². The fourth-order valence-electron chi connectivity index (χ4n) is 3.34. The highest BCUT2D eigenvalue weighted by atomic mass is 32.2. The van der Waals surface area contributed by atoms with Gasteiger partial charge >= 0.3 is 0 Å². The third-order valence-corrected chi connectivity index (χ3v) is 6.68. The number of amides is 1. The van der Waals surface area contributed by atoms with Crippen molar-refractivity contribution in [3.8, 4) is 5.75 Å². The lowest BCUT2D eigenvalue weighted by molar-refractivity contribution is -0.120. The highest BCUT2D eigenvalue weighted by Crippen LogP contribution is 2.26. The van der Waals surface area contributed by atoms with Crippen molar-refractivity contribution in [2.75, 3.05) is 18.0 Å². The van der Waals surface area contributed by atoms with E-state index < -0.39 is 15.9 Å². The number of hydrogen-bond acceptors (Lipinski definition) is 4. The summed E-state index contributed by atoms with van der Waals surface area (Å²) in [6.45, 7) is 3.36. The topological polar surface area (TPSA) is 75.7 Å². The average Bonchev–Trinajstić information content (AvgIpc) is 2.77. The van der Waals surface area contributed by atoms with Crippen molar-refractivity contribution in [3.63, 3.8) is 0 Å². The van der Waals surface area contributed by atoms with E-state index in [-0.39, 0.29) is 17.5 Å². The van der Waals surface area contributed by atoms with Gasteiger partial charge in [0.05, 0.1) is 23.7 Å². The van der Waals surface area contributed by atoms with Crippen LogP contribution in [-0.2, 0) is 14.8 Å². The first-order valence-electron chi connectivity index (χ1n) is 9.89. The zero-order valence-corrected chi connectivity index (χ0v) is 18.6. The predicted octanol–water partition coefficient (Wildman–Crippen LogP) is 4.08. The van der Waals surface area contributed by atoms with Gasteiger partial charge in [0.25, 0.3) is 10.0 Å². The highest BCUT2D eigenvalue weighted by Gasteiger charge is 2.28. The van der Waals surface area contributed by atoms with E-state index in [0.717, 1.165) is 15.4 Å². The molecule has 3 aromatic rings. The monoisotopic (exact) mass is 438 g/mol. The molecule has 1 atom stereocenters. The first kappa shape index (κ1) is 22.4. The number of carbonyl (C=O) groups is 1. The second kappa shape index (κ2) is 9.66. The maximum absolute atomic E-state index is 13.4. The average molecular weight is 439 g/mol. The summed E-state index contributed by atoms with van der Waals surface area (Å²) in [5, 5.41) is 2.88. The molecular weight excluding hydrogens is 412 g/mol. The molecule has 3 rings (SSSR count). The zero-order chi connectivity index (χ0) is 22.4. The van der Waals surface area contributed by atoms with Gasteiger partial charge in [-0.05, 0) is 49.7 Å². The van der Waals surface area contributed by atoms with Crippen molar-refractivity contribution in [1.29, 1.82) is 0 Å². The third-order valence-electron chi connectivity index (χ3n) is 4.89. The minimum absolute atomic E-state index is 0.127. The molecule has 0 aliphatic carbocycles. The van der Waals surface area contributed by atoms with Gasteiger partial charge in [-0.1, -0.05) is 48.5 Å². The van der Waals surface area contributed by atoms with Crippen molar-refractivity contribution in [2.24, 2.45) is 0 Å². The molecule has 0 saturated heterocycles. The quantitative estimate of drug-likeness (QED) is 0.575. The van der Waals surface area contributed by atoms with Crippen molar-refractivity contribution >= 4 is 21.6 Å². The fraction of sp³-hybridized carbons (Fsp3) is 0.208. The first-order valence-corrected chi connectivity index (χ1v) is 11.3. The molecule has 1 unspecified atom stereocenters.